The van der Waals surface area contributed by atoms with Gasteiger partial charge < -0.3 is 4.90 Å². The number of hydrogen-bond donors (Lipinski definition) is 2. The predicted molar refractivity (Wildman–Crippen MR) is 74.7 cm³/mol. The summed E-state index contributed by atoms with van der Waals surface area (Å²) >= 11 is 1.62. The van der Waals surface area contributed by atoms with E-state index in [0.29, 0.717) is 11.2 Å². The number of hydrogen-bond acceptors (Lipinski definition) is 7. The number of nitrogen functional groups attached to an aromatic ring is 1. The largest absolute Gasteiger partial charge is 0.341 e. The molecule has 1 fully saturated rings. The van der Waals surface area contributed by atoms with Crippen LogP contribution in [0.3, 0.4) is 0 Å². The summed E-state index contributed by atoms with van der Waals surface area (Å²) < 4.78 is 0. The van der Waals surface area contributed by atoms with Crippen molar-refractivity contribution in [3.63, 3.8) is 0 Å². The van der Waals surface area contributed by atoms with Gasteiger partial charge in [-0.2, -0.15) is 15.0 Å². The molecule has 0 spiro atoms. The van der Waals surface area contributed by atoms with Crippen LogP contribution in [0.25, 0.3) is 0 Å². The lowest BCUT2D eigenvalue weighted by Crippen LogP contribution is -2.31. The summed E-state index contributed by atoms with van der Waals surface area (Å²) in [5.41, 5.74) is 2.52. The van der Waals surface area contributed by atoms with Crippen molar-refractivity contribution in [2.75, 3.05) is 23.4 Å². The number of nitrogens with two attached hydrogens (primary N) is 1. The zero-order valence-corrected chi connectivity index (χ0v) is 11.7. The van der Waals surface area contributed by atoms with Crippen molar-refractivity contribution in [3.8, 4) is 0 Å². The van der Waals surface area contributed by atoms with Gasteiger partial charge in [0.25, 0.3) is 0 Å². The van der Waals surface area contributed by atoms with E-state index < -0.39 is 0 Å². The van der Waals surface area contributed by atoms with Crippen LogP contribution in [0.5, 0.6) is 0 Å². The lowest BCUT2D eigenvalue weighted by molar-refractivity contribution is 0.565. The van der Waals surface area contributed by atoms with E-state index in [1.165, 1.54) is 19.3 Å². The molecule has 0 radical (unpaired) electrons. The van der Waals surface area contributed by atoms with Crippen LogP contribution in [-0.4, -0.2) is 33.3 Å². The minimum Gasteiger partial charge on any atom is -0.341 e. The third kappa shape index (κ3) is 3.46. The molecule has 1 aromatic heterocycles. The van der Waals surface area contributed by atoms with Gasteiger partial charge in [-0.05, 0) is 19.3 Å². The smallest absolute Gasteiger partial charge is 0.242 e. The standard InChI is InChI=1S/C11H20N6S/c1-8(2)18-11-14-9(16-12)13-10(15-11)17-6-4-3-5-7-17/h8H,3-7,12H2,1-2H3,(H,13,14,15,16). The first-order valence-electron chi connectivity index (χ1n) is 6.33. The summed E-state index contributed by atoms with van der Waals surface area (Å²) in [6.45, 7) is 6.26. The Morgan fingerprint density at radius 2 is 1.89 bits per heavy atom. The van der Waals surface area contributed by atoms with E-state index in [1.54, 1.807) is 11.8 Å². The summed E-state index contributed by atoms with van der Waals surface area (Å²) in [5, 5.41) is 1.17. The fraction of sp³-hybridized carbons (Fsp3) is 0.727. The van der Waals surface area contributed by atoms with Crippen LogP contribution in [-0.2, 0) is 0 Å². The fourth-order valence-corrected chi connectivity index (χ4v) is 2.60. The SMILES string of the molecule is CC(C)Sc1nc(NN)nc(N2CCCCC2)n1. The van der Waals surface area contributed by atoms with E-state index in [0.717, 1.165) is 24.2 Å². The maximum absolute atomic E-state index is 5.42. The Labute approximate surface area is 112 Å². The molecule has 6 nitrogen and oxygen atoms in total. The molecule has 7 heteroatoms. The molecule has 1 aliphatic heterocycles. The highest BCUT2D eigenvalue weighted by Crippen LogP contribution is 2.23. The van der Waals surface area contributed by atoms with Crippen LogP contribution >= 0.6 is 11.8 Å². The second kappa shape index (κ2) is 6.19. The number of piperidine rings is 1. The second-order valence-corrected chi connectivity index (χ2v) is 6.14. The maximum atomic E-state index is 5.42. The fourth-order valence-electron chi connectivity index (χ4n) is 1.91. The minimum atomic E-state index is 0.437. The van der Waals surface area contributed by atoms with Crippen molar-refractivity contribution in [2.24, 2.45) is 5.84 Å². The molecular formula is C11H20N6S. The average molecular weight is 268 g/mol. The van der Waals surface area contributed by atoms with E-state index >= 15 is 0 Å². The van der Waals surface area contributed by atoms with Gasteiger partial charge in [0.15, 0.2) is 5.16 Å². The van der Waals surface area contributed by atoms with Crippen LogP contribution in [0.1, 0.15) is 33.1 Å². The van der Waals surface area contributed by atoms with Crippen LogP contribution < -0.4 is 16.2 Å². The van der Waals surface area contributed by atoms with Gasteiger partial charge in [-0.1, -0.05) is 25.6 Å². The summed E-state index contributed by atoms with van der Waals surface area (Å²) in [5.74, 6) is 6.59. The van der Waals surface area contributed by atoms with Gasteiger partial charge in [-0.3, -0.25) is 5.43 Å². The third-order valence-electron chi connectivity index (χ3n) is 2.71. The average Bonchev–Trinajstić information content (AvgIpc) is 2.38. The van der Waals surface area contributed by atoms with Crippen molar-refractivity contribution < 1.29 is 0 Å². The Balaban J connectivity index is 2.22. The Morgan fingerprint density at radius 3 is 2.50 bits per heavy atom. The molecule has 1 aliphatic rings. The van der Waals surface area contributed by atoms with Gasteiger partial charge in [-0.15, -0.1) is 0 Å². The lowest BCUT2D eigenvalue weighted by atomic mass is 10.1. The van der Waals surface area contributed by atoms with Crippen LogP contribution in [0.2, 0.25) is 0 Å². The van der Waals surface area contributed by atoms with Crippen LogP contribution in [0, 0.1) is 0 Å². The van der Waals surface area contributed by atoms with Crippen molar-refractivity contribution in [1.29, 1.82) is 0 Å². The van der Waals surface area contributed by atoms with E-state index in [9.17, 15) is 0 Å². The number of aromatic nitrogens is 3. The quantitative estimate of drug-likeness (QED) is 0.488. The molecule has 18 heavy (non-hydrogen) atoms. The molecule has 1 aromatic rings. The molecule has 2 heterocycles. The van der Waals surface area contributed by atoms with Crippen molar-refractivity contribution in [1.82, 2.24) is 15.0 Å². The highest BCUT2D eigenvalue weighted by atomic mass is 32.2. The number of nitrogens with zero attached hydrogens (tertiary/aromatic N) is 4. The van der Waals surface area contributed by atoms with E-state index in [-0.39, 0.29) is 0 Å². The van der Waals surface area contributed by atoms with Crippen molar-refractivity contribution in [3.05, 3.63) is 0 Å². The highest BCUT2D eigenvalue weighted by Gasteiger charge is 2.16. The molecule has 100 valence electrons. The van der Waals surface area contributed by atoms with Gasteiger partial charge in [0.2, 0.25) is 11.9 Å². The molecule has 0 aromatic carbocycles. The van der Waals surface area contributed by atoms with Gasteiger partial charge in [0, 0.05) is 18.3 Å². The highest BCUT2D eigenvalue weighted by molar-refractivity contribution is 7.99. The Kier molecular flexibility index (Phi) is 4.60. The molecule has 2 rings (SSSR count). The molecule has 1 saturated heterocycles. The molecule has 0 saturated carbocycles. The topological polar surface area (TPSA) is 80.0 Å². The number of nitrogens with one attached hydrogen (secondary N) is 1. The maximum Gasteiger partial charge on any atom is 0.242 e. The molecule has 0 amide bonds. The van der Waals surface area contributed by atoms with E-state index in [4.69, 9.17) is 5.84 Å². The van der Waals surface area contributed by atoms with Crippen LogP contribution in [0.15, 0.2) is 5.16 Å². The summed E-state index contributed by atoms with van der Waals surface area (Å²) in [6.07, 6.45) is 3.69. The van der Waals surface area contributed by atoms with Crippen molar-refractivity contribution >= 4 is 23.7 Å². The zero-order valence-electron chi connectivity index (χ0n) is 10.9. The number of anilines is 2. The van der Waals surface area contributed by atoms with Gasteiger partial charge in [0.05, 0.1) is 0 Å². The monoisotopic (exact) mass is 268 g/mol. The Hall–Kier alpha value is -1.08. The Bertz CT molecular complexity index is 391. The minimum absolute atomic E-state index is 0.437. The normalized spacial score (nSPS) is 16.1. The van der Waals surface area contributed by atoms with E-state index in [2.05, 4.69) is 39.1 Å². The summed E-state index contributed by atoms with van der Waals surface area (Å²) in [4.78, 5) is 15.3. The molecular weight excluding hydrogens is 248 g/mol. The molecule has 0 bridgehead atoms. The predicted octanol–water partition coefficient (Wildman–Crippen LogP) is 1.65. The second-order valence-electron chi connectivity index (χ2n) is 4.60. The first-order chi connectivity index (χ1) is 8.69. The van der Waals surface area contributed by atoms with Crippen LogP contribution in [0.4, 0.5) is 11.9 Å². The first kappa shape index (κ1) is 13.4. The van der Waals surface area contributed by atoms with Gasteiger partial charge in [0.1, 0.15) is 0 Å². The van der Waals surface area contributed by atoms with Gasteiger partial charge >= 0.3 is 0 Å². The first-order valence-corrected chi connectivity index (χ1v) is 7.21. The molecule has 0 aliphatic carbocycles. The Morgan fingerprint density at radius 1 is 1.17 bits per heavy atom. The van der Waals surface area contributed by atoms with Crippen molar-refractivity contribution in [2.45, 2.75) is 43.5 Å². The van der Waals surface area contributed by atoms with E-state index in [1.807, 2.05) is 0 Å². The number of hydrazine groups is 1. The molecule has 0 unspecified atom stereocenters. The summed E-state index contributed by atoms with van der Waals surface area (Å²) in [7, 11) is 0. The van der Waals surface area contributed by atoms with Gasteiger partial charge in [-0.25, -0.2) is 5.84 Å². The number of rotatable bonds is 4. The summed E-state index contributed by atoms with van der Waals surface area (Å²) in [6, 6.07) is 0. The number of thioether (sulfide) groups is 1. The lowest BCUT2D eigenvalue weighted by Gasteiger charge is -2.26. The third-order valence-corrected chi connectivity index (χ3v) is 3.58. The molecule has 0 atom stereocenters. The zero-order chi connectivity index (χ0) is 13.0. The molecule has 3 N–H and O–H groups in total.